The van der Waals surface area contributed by atoms with Gasteiger partial charge < -0.3 is 10.3 Å². The maximum absolute atomic E-state index is 12.3. The molecule has 1 aliphatic rings. The van der Waals surface area contributed by atoms with E-state index in [1.54, 1.807) is 6.33 Å². The topological polar surface area (TPSA) is 47.1 Å². The van der Waals surface area contributed by atoms with Crippen LogP contribution in [0, 0.1) is 11.8 Å². The van der Waals surface area contributed by atoms with Crippen molar-refractivity contribution in [2.45, 2.75) is 39.3 Å². The Morgan fingerprint density at radius 3 is 2.85 bits per heavy atom. The molecule has 0 aliphatic carbocycles. The Balaban J connectivity index is 1.86. The van der Waals surface area contributed by atoms with Crippen LogP contribution in [0.3, 0.4) is 0 Å². The Hall–Kier alpha value is -1.01. The van der Waals surface area contributed by atoms with Crippen LogP contribution in [0.2, 0.25) is 0 Å². The zero-order chi connectivity index (χ0) is 14.7. The number of likely N-dealkylation sites (tertiary alicyclic amines) is 1. The number of hydrogen-bond acceptors (Lipinski definition) is 3. The van der Waals surface area contributed by atoms with Crippen molar-refractivity contribution in [3.63, 3.8) is 0 Å². The lowest BCUT2D eigenvalue weighted by atomic mass is 10.0. The van der Waals surface area contributed by atoms with Gasteiger partial charge in [-0.3, -0.25) is 4.90 Å². The molecule has 0 spiro atoms. The molecule has 0 bridgehead atoms. The molecule has 0 saturated carbocycles. The molecule has 1 aromatic rings. The van der Waals surface area contributed by atoms with Gasteiger partial charge in [-0.05, 0) is 24.8 Å². The first-order valence-corrected chi connectivity index (χ1v) is 7.23. The molecule has 0 amide bonds. The minimum Gasteiger partial charge on any atom is -0.337 e. The Labute approximate surface area is 119 Å². The Kier molecular flexibility index (Phi) is 5.10. The number of nitrogens with two attached hydrogens (primary N) is 1. The summed E-state index contributed by atoms with van der Waals surface area (Å²) in [6, 6.07) is -0.0461. The minimum absolute atomic E-state index is 0.0461. The number of nitrogens with zero attached hydrogens (tertiary/aromatic N) is 3. The summed E-state index contributed by atoms with van der Waals surface area (Å²) < 4.78 is 26.7. The van der Waals surface area contributed by atoms with Crippen LogP contribution in [0.25, 0.3) is 0 Å². The third-order valence-corrected chi connectivity index (χ3v) is 3.95. The van der Waals surface area contributed by atoms with Crippen molar-refractivity contribution >= 4 is 0 Å². The van der Waals surface area contributed by atoms with Gasteiger partial charge in [-0.15, -0.1) is 0 Å². The third-order valence-electron chi connectivity index (χ3n) is 3.95. The highest BCUT2D eigenvalue weighted by Gasteiger charge is 2.25. The monoisotopic (exact) mass is 286 g/mol. The van der Waals surface area contributed by atoms with Gasteiger partial charge >= 0.3 is 0 Å². The Morgan fingerprint density at radius 1 is 1.45 bits per heavy atom. The number of halogens is 2. The highest BCUT2D eigenvalue weighted by molar-refractivity contribution is 5.04. The quantitative estimate of drug-likeness (QED) is 0.871. The normalized spacial score (nSPS) is 22.1. The summed E-state index contributed by atoms with van der Waals surface area (Å²) in [5.41, 5.74) is 6.97. The molecule has 0 unspecified atom stereocenters. The largest absolute Gasteiger partial charge is 0.337 e. The van der Waals surface area contributed by atoms with Gasteiger partial charge in [0.05, 0.1) is 24.6 Å². The van der Waals surface area contributed by atoms with Gasteiger partial charge in [-0.1, -0.05) is 13.8 Å². The molecule has 1 aliphatic heterocycles. The molecule has 6 heteroatoms. The fraction of sp³-hybridized carbons (Fsp3) is 0.786. The summed E-state index contributed by atoms with van der Waals surface area (Å²) in [6.07, 6.45) is 2.52. The lowest BCUT2D eigenvalue weighted by molar-refractivity contribution is 0.0975. The van der Waals surface area contributed by atoms with Crippen LogP contribution in [-0.4, -0.2) is 40.5 Å². The molecular weight excluding hydrogens is 262 g/mol. The molecule has 1 fully saturated rings. The first-order valence-electron chi connectivity index (χ1n) is 7.23. The van der Waals surface area contributed by atoms with Crippen molar-refractivity contribution in [2.24, 2.45) is 17.6 Å². The molecule has 1 aromatic heterocycles. The van der Waals surface area contributed by atoms with Crippen LogP contribution < -0.4 is 5.73 Å². The van der Waals surface area contributed by atoms with E-state index >= 15 is 0 Å². The van der Waals surface area contributed by atoms with Crippen molar-refractivity contribution < 1.29 is 8.78 Å². The predicted molar refractivity (Wildman–Crippen MR) is 74.5 cm³/mol. The van der Waals surface area contributed by atoms with Crippen molar-refractivity contribution in [3.8, 4) is 0 Å². The molecular formula is C14H24F2N4. The van der Waals surface area contributed by atoms with E-state index < -0.39 is 6.43 Å². The molecule has 114 valence electrons. The van der Waals surface area contributed by atoms with Gasteiger partial charge in [-0.2, -0.15) is 0 Å². The van der Waals surface area contributed by atoms with Crippen molar-refractivity contribution in [3.05, 3.63) is 18.2 Å². The van der Waals surface area contributed by atoms with Gasteiger partial charge in [0.15, 0.2) is 0 Å². The van der Waals surface area contributed by atoms with E-state index in [1.807, 2.05) is 15.7 Å². The summed E-state index contributed by atoms with van der Waals surface area (Å²) in [4.78, 5) is 6.19. The van der Waals surface area contributed by atoms with Crippen molar-refractivity contribution in [2.75, 3.05) is 19.6 Å². The zero-order valence-electron chi connectivity index (χ0n) is 12.2. The van der Waals surface area contributed by atoms with Crippen molar-refractivity contribution in [1.82, 2.24) is 14.5 Å². The van der Waals surface area contributed by atoms with E-state index in [4.69, 9.17) is 5.73 Å². The summed E-state index contributed by atoms with van der Waals surface area (Å²) in [5, 5.41) is 0. The maximum atomic E-state index is 12.3. The van der Waals surface area contributed by atoms with Gasteiger partial charge in [-0.25, -0.2) is 13.8 Å². The van der Waals surface area contributed by atoms with Crippen LogP contribution in [0.1, 0.15) is 32.0 Å². The lowest BCUT2D eigenvalue weighted by Crippen LogP contribution is -2.27. The van der Waals surface area contributed by atoms with E-state index in [-0.39, 0.29) is 12.6 Å². The second kappa shape index (κ2) is 6.63. The van der Waals surface area contributed by atoms with E-state index in [9.17, 15) is 8.78 Å². The average Bonchev–Trinajstić information content (AvgIpc) is 2.98. The molecule has 2 N–H and O–H groups in total. The minimum atomic E-state index is -2.24. The molecule has 2 rings (SSSR count). The van der Waals surface area contributed by atoms with E-state index in [2.05, 4.69) is 18.8 Å². The molecule has 2 atom stereocenters. The smallest absolute Gasteiger partial charge is 0.251 e. The Bertz CT molecular complexity index is 419. The van der Waals surface area contributed by atoms with Crippen LogP contribution in [0.4, 0.5) is 8.78 Å². The molecule has 0 radical (unpaired) electrons. The number of imidazole rings is 1. The zero-order valence-corrected chi connectivity index (χ0v) is 12.2. The van der Waals surface area contributed by atoms with E-state index in [1.165, 1.54) is 0 Å². The van der Waals surface area contributed by atoms with Crippen LogP contribution in [-0.2, 0) is 6.54 Å². The third kappa shape index (κ3) is 3.99. The second-order valence-corrected chi connectivity index (χ2v) is 6.07. The molecule has 0 aromatic carbocycles. The number of hydrogen-bond donors (Lipinski definition) is 1. The second-order valence-electron chi connectivity index (χ2n) is 6.07. The highest BCUT2D eigenvalue weighted by Crippen LogP contribution is 2.21. The SMILES string of the molecule is CC(C)[C@H](N)c1cn(C[C@@H]2CCN(CC(F)F)C2)cn1. The van der Waals surface area contributed by atoms with Crippen LogP contribution in [0.15, 0.2) is 12.5 Å². The summed E-state index contributed by atoms with van der Waals surface area (Å²) >= 11 is 0. The molecule has 1 saturated heterocycles. The predicted octanol–water partition coefficient (Wildman–Crippen LogP) is 2.13. The average molecular weight is 286 g/mol. The van der Waals surface area contributed by atoms with Gasteiger partial charge in [0.1, 0.15) is 0 Å². The van der Waals surface area contributed by atoms with Gasteiger partial charge in [0.2, 0.25) is 0 Å². The summed E-state index contributed by atoms with van der Waals surface area (Å²) in [7, 11) is 0. The standard InChI is InChI=1S/C14H24F2N4/c1-10(2)14(17)12-7-20(9-18-12)6-11-3-4-19(5-11)8-13(15)16/h7,9-11,13-14H,3-6,8,17H2,1-2H3/t11-,14+/m1/s1. The summed E-state index contributed by atoms with van der Waals surface area (Å²) in [6.45, 7) is 6.38. The van der Waals surface area contributed by atoms with Crippen LogP contribution in [0.5, 0.6) is 0 Å². The lowest BCUT2D eigenvalue weighted by Gasteiger charge is -2.15. The van der Waals surface area contributed by atoms with Gasteiger partial charge in [0.25, 0.3) is 6.43 Å². The number of rotatable bonds is 6. The Morgan fingerprint density at radius 2 is 2.20 bits per heavy atom. The van der Waals surface area contributed by atoms with E-state index in [0.717, 1.165) is 31.7 Å². The first kappa shape index (κ1) is 15.4. The number of aromatic nitrogens is 2. The van der Waals surface area contributed by atoms with Crippen molar-refractivity contribution in [1.29, 1.82) is 0 Å². The fourth-order valence-electron chi connectivity index (χ4n) is 2.71. The maximum Gasteiger partial charge on any atom is 0.251 e. The van der Waals surface area contributed by atoms with Crippen LogP contribution >= 0.6 is 0 Å². The van der Waals surface area contributed by atoms with E-state index in [0.29, 0.717) is 11.8 Å². The molecule has 20 heavy (non-hydrogen) atoms. The first-order chi connectivity index (χ1) is 9.45. The highest BCUT2D eigenvalue weighted by atomic mass is 19.3. The molecule has 4 nitrogen and oxygen atoms in total. The van der Waals surface area contributed by atoms with Gasteiger partial charge in [0, 0.05) is 19.3 Å². The fourth-order valence-corrected chi connectivity index (χ4v) is 2.71. The number of alkyl halides is 2. The summed E-state index contributed by atoms with van der Waals surface area (Å²) in [5.74, 6) is 0.775. The molecule has 2 heterocycles.